The third kappa shape index (κ3) is 4.19. The van der Waals surface area contributed by atoms with Gasteiger partial charge in [0.15, 0.2) is 0 Å². The molecule has 114 valence electrons. The van der Waals surface area contributed by atoms with Gasteiger partial charge in [0.2, 0.25) is 10.0 Å². The first-order valence-electron chi connectivity index (χ1n) is 6.58. The molecule has 1 rings (SSSR count). The summed E-state index contributed by atoms with van der Waals surface area (Å²) in [6.07, 6.45) is 0. The van der Waals surface area contributed by atoms with Crippen molar-refractivity contribution in [3.8, 4) is 0 Å². The lowest BCUT2D eigenvalue weighted by Crippen LogP contribution is -2.38. The van der Waals surface area contributed by atoms with E-state index < -0.39 is 15.6 Å². The van der Waals surface area contributed by atoms with Crippen molar-refractivity contribution in [1.29, 1.82) is 0 Å². The SMILES string of the molecule is CCN(CC(C)(C)O)c1ccc(S(=O)(=O)N(C)C)cc1. The Labute approximate surface area is 121 Å². The van der Waals surface area contributed by atoms with Crippen LogP contribution in [0, 0.1) is 0 Å². The second-order valence-electron chi connectivity index (χ2n) is 5.61. The van der Waals surface area contributed by atoms with Crippen LogP contribution in [0.4, 0.5) is 5.69 Å². The molecule has 1 N–H and O–H groups in total. The van der Waals surface area contributed by atoms with Gasteiger partial charge in [-0.05, 0) is 45.0 Å². The number of likely N-dealkylation sites (N-methyl/N-ethyl adjacent to an activating group) is 1. The third-order valence-corrected chi connectivity index (χ3v) is 4.77. The predicted molar refractivity (Wildman–Crippen MR) is 81.5 cm³/mol. The summed E-state index contributed by atoms with van der Waals surface area (Å²) in [6.45, 7) is 6.73. The number of hydrogen-bond acceptors (Lipinski definition) is 4. The van der Waals surface area contributed by atoms with E-state index in [1.54, 1.807) is 38.1 Å². The van der Waals surface area contributed by atoms with Crippen LogP contribution in [0.15, 0.2) is 29.2 Å². The van der Waals surface area contributed by atoms with Crippen molar-refractivity contribution in [3.05, 3.63) is 24.3 Å². The summed E-state index contributed by atoms with van der Waals surface area (Å²) in [4.78, 5) is 2.28. The van der Waals surface area contributed by atoms with Crippen molar-refractivity contribution in [2.75, 3.05) is 32.1 Å². The van der Waals surface area contributed by atoms with Crippen LogP contribution in [0.25, 0.3) is 0 Å². The summed E-state index contributed by atoms with van der Waals surface area (Å²) >= 11 is 0. The molecule has 20 heavy (non-hydrogen) atoms. The van der Waals surface area contributed by atoms with Crippen molar-refractivity contribution in [1.82, 2.24) is 4.31 Å². The molecule has 0 saturated heterocycles. The van der Waals surface area contributed by atoms with E-state index in [2.05, 4.69) is 0 Å². The van der Waals surface area contributed by atoms with Crippen molar-refractivity contribution < 1.29 is 13.5 Å². The van der Waals surface area contributed by atoms with Gasteiger partial charge in [-0.3, -0.25) is 0 Å². The zero-order chi connectivity index (χ0) is 15.6. The van der Waals surface area contributed by atoms with Gasteiger partial charge < -0.3 is 10.0 Å². The van der Waals surface area contributed by atoms with Crippen LogP contribution in [-0.2, 0) is 10.0 Å². The standard InChI is InChI=1S/C14H24N2O3S/c1-6-16(11-14(2,3)17)12-7-9-13(10-8-12)20(18,19)15(4)5/h7-10,17H,6,11H2,1-5H3. The maximum atomic E-state index is 12.0. The Kier molecular flexibility index (Phi) is 5.18. The van der Waals surface area contributed by atoms with Gasteiger partial charge in [0.1, 0.15) is 0 Å². The van der Waals surface area contributed by atoms with Crippen LogP contribution in [-0.4, -0.2) is 50.6 Å². The van der Waals surface area contributed by atoms with Gasteiger partial charge in [-0.15, -0.1) is 0 Å². The predicted octanol–water partition coefficient (Wildman–Crippen LogP) is 1.53. The molecule has 1 aromatic rings. The van der Waals surface area contributed by atoms with Crippen LogP contribution in [0.2, 0.25) is 0 Å². The average Bonchev–Trinajstić information content (AvgIpc) is 2.35. The molecule has 0 aliphatic carbocycles. The molecule has 0 aliphatic rings. The van der Waals surface area contributed by atoms with E-state index in [9.17, 15) is 13.5 Å². The fourth-order valence-corrected chi connectivity index (χ4v) is 2.79. The molecular formula is C14H24N2O3S. The molecule has 6 heteroatoms. The minimum absolute atomic E-state index is 0.269. The highest BCUT2D eigenvalue weighted by Gasteiger charge is 2.20. The highest BCUT2D eigenvalue weighted by molar-refractivity contribution is 7.89. The number of anilines is 1. The Morgan fingerprint density at radius 3 is 2.00 bits per heavy atom. The zero-order valence-corrected chi connectivity index (χ0v) is 13.6. The zero-order valence-electron chi connectivity index (χ0n) is 12.8. The van der Waals surface area contributed by atoms with Crippen molar-refractivity contribution in [2.24, 2.45) is 0 Å². The molecule has 0 aromatic heterocycles. The van der Waals surface area contributed by atoms with Gasteiger partial charge in [-0.25, -0.2) is 12.7 Å². The summed E-state index contributed by atoms with van der Waals surface area (Å²) in [7, 11) is -0.376. The molecule has 0 aliphatic heterocycles. The first-order chi connectivity index (χ1) is 9.08. The molecule has 0 saturated carbocycles. The van der Waals surface area contributed by atoms with E-state index in [4.69, 9.17) is 0 Å². The van der Waals surface area contributed by atoms with Crippen LogP contribution in [0.1, 0.15) is 20.8 Å². The second-order valence-corrected chi connectivity index (χ2v) is 7.76. The van der Waals surface area contributed by atoms with E-state index in [0.29, 0.717) is 6.54 Å². The van der Waals surface area contributed by atoms with Crippen molar-refractivity contribution >= 4 is 15.7 Å². The average molecular weight is 300 g/mol. The van der Waals surface area contributed by atoms with Gasteiger partial charge in [-0.1, -0.05) is 0 Å². The number of benzene rings is 1. The molecule has 1 aromatic carbocycles. The van der Waals surface area contributed by atoms with Crippen LogP contribution in [0.5, 0.6) is 0 Å². The van der Waals surface area contributed by atoms with Crippen molar-refractivity contribution in [3.63, 3.8) is 0 Å². The smallest absolute Gasteiger partial charge is 0.242 e. The fourth-order valence-electron chi connectivity index (χ4n) is 1.89. The van der Waals surface area contributed by atoms with Crippen LogP contribution in [0.3, 0.4) is 0 Å². The van der Waals surface area contributed by atoms with Crippen LogP contribution < -0.4 is 4.90 Å². The van der Waals surface area contributed by atoms with E-state index in [1.807, 2.05) is 11.8 Å². The number of rotatable bonds is 6. The normalized spacial score (nSPS) is 12.8. The lowest BCUT2D eigenvalue weighted by Gasteiger charge is -2.30. The number of aliphatic hydroxyl groups is 1. The van der Waals surface area contributed by atoms with Crippen molar-refractivity contribution in [2.45, 2.75) is 31.3 Å². The first kappa shape index (κ1) is 16.9. The Morgan fingerprint density at radius 1 is 1.15 bits per heavy atom. The lowest BCUT2D eigenvalue weighted by molar-refractivity contribution is 0.0876. The Morgan fingerprint density at radius 2 is 1.65 bits per heavy atom. The van der Waals surface area contributed by atoms with E-state index in [-0.39, 0.29) is 4.90 Å². The maximum Gasteiger partial charge on any atom is 0.242 e. The summed E-state index contributed by atoms with van der Waals surface area (Å²) < 4.78 is 25.2. The van der Waals surface area contributed by atoms with Gasteiger partial charge in [0.05, 0.1) is 10.5 Å². The molecule has 0 atom stereocenters. The van der Waals surface area contributed by atoms with Crippen LogP contribution >= 0.6 is 0 Å². The minimum Gasteiger partial charge on any atom is -0.389 e. The summed E-state index contributed by atoms with van der Waals surface area (Å²) in [6, 6.07) is 6.73. The molecule has 0 radical (unpaired) electrons. The monoisotopic (exact) mass is 300 g/mol. The molecule has 0 amide bonds. The Hall–Kier alpha value is -1.11. The molecule has 0 bridgehead atoms. The van der Waals surface area contributed by atoms with Gasteiger partial charge in [-0.2, -0.15) is 0 Å². The third-order valence-electron chi connectivity index (χ3n) is 2.94. The molecule has 0 unspecified atom stereocenters. The van der Waals surface area contributed by atoms with Gasteiger partial charge >= 0.3 is 0 Å². The number of nitrogens with zero attached hydrogens (tertiary/aromatic N) is 2. The van der Waals surface area contributed by atoms with Gasteiger partial charge in [0, 0.05) is 32.9 Å². The highest BCUT2D eigenvalue weighted by atomic mass is 32.2. The number of hydrogen-bond donors (Lipinski definition) is 1. The topological polar surface area (TPSA) is 60.9 Å². The largest absolute Gasteiger partial charge is 0.389 e. The van der Waals surface area contributed by atoms with E-state index >= 15 is 0 Å². The highest BCUT2D eigenvalue weighted by Crippen LogP contribution is 2.21. The van der Waals surface area contributed by atoms with E-state index in [1.165, 1.54) is 18.4 Å². The molecule has 5 nitrogen and oxygen atoms in total. The second kappa shape index (κ2) is 6.11. The Bertz CT molecular complexity index is 531. The number of sulfonamides is 1. The van der Waals surface area contributed by atoms with Gasteiger partial charge in [0.25, 0.3) is 0 Å². The Balaban J connectivity index is 3.01. The quantitative estimate of drug-likeness (QED) is 0.865. The molecule has 0 spiro atoms. The molecule has 0 fully saturated rings. The summed E-state index contributed by atoms with van der Waals surface area (Å²) in [5.74, 6) is 0. The fraction of sp³-hybridized carbons (Fsp3) is 0.571. The first-order valence-corrected chi connectivity index (χ1v) is 8.02. The molecular weight excluding hydrogens is 276 g/mol. The summed E-state index contributed by atoms with van der Waals surface area (Å²) in [5, 5.41) is 9.89. The maximum absolute atomic E-state index is 12.0. The van der Waals surface area contributed by atoms with E-state index in [0.717, 1.165) is 12.2 Å². The molecule has 0 heterocycles. The summed E-state index contributed by atoms with van der Waals surface area (Å²) in [5.41, 5.74) is 0.0945. The minimum atomic E-state index is -3.40. The lowest BCUT2D eigenvalue weighted by atomic mass is 10.1.